The molecule has 0 spiro atoms. The molecular formula is C25H30N2O5S. The van der Waals surface area contributed by atoms with Crippen LogP contribution in [0.1, 0.15) is 60.5 Å². The Morgan fingerprint density at radius 1 is 0.818 bits per heavy atom. The lowest BCUT2D eigenvalue weighted by Crippen LogP contribution is -2.35. The number of ether oxygens (including phenoxy) is 2. The van der Waals surface area contributed by atoms with E-state index in [1.165, 1.54) is 0 Å². The second-order valence-corrected chi connectivity index (χ2v) is 10.8. The van der Waals surface area contributed by atoms with Crippen LogP contribution in [0, 0.1) is 0 Å². The van der Waals surface area contributed by atoms with E-state index >= 15 is 0 Å². The van der Waals surface area contributed by atoms with Crippen LogP contribution in [-0.4, -0.2) is 56.4 Å². The smallest absolute Gasteiger partial charge is 0.254 e. The van der Waals surface area contributed by atoms with Crippen molar-refractivity contribution in [1.82, 2.24) is 9.21 Å². The molecule has 0 saturated carbocycles. The third-order valence-corrected chi connectivity index (χ3v) is 8.64. The van der Waals surface area contributed by atoms with Crippen LogP contribution < -0.4 is 9.47 Å². The van der Waals surface area contributed by atoms with Gasteiger partial charge in [-0.05, 0) is 67.6 Å². The van der Waals surface area contributed by atoms with Crippen molar-refractivity contribution in [3.05, 3.63) is 53.6 Å². The molecule has 0 aromatic heterocycles. The molecule has 0 radical (unpaired) electrons. The zero-order valence-electron chi connectivity index (χ0n) is 18.7. The highest BCUT2D eigenvalue weighted by atomic mass is 32.2. The third-order valence-electron chi connectivity index (χ3n) is 6.72. The lowest BCUT2D eigenvalue weighted by molar-refractivity contribution is 0.0735. The van der Waals surface area contributed by atoms with Gasteiger partial charge in [0.25, 0.3) is 5.91 Å². The van der Waals surface area contributed by atoms with E-state index in [4.69, 9.17) is 9.47 Å². The fraction of sp³-hybridized carbons (Fsp3) is 0.480. The number of hydrogen-bond acceptors (Lipinski definition) is 5. The number of nitrogens with zero attached hydrogens (tertiary/aromatic N) is 2. The lowest BCUT2D eigenvalue weighted by Gasteiger charge is -2.27. The summed E-state index contributed by atoms with van der Waals surface area (Å²) in [6.07, 6.45) is 5.51. The summed E-state index contributed by atoms with van der Waals surface area (Å²) in [5.41, 5.74) is 1.54. The van der Waals surface area contributed by atoms with Gasteiger partial charge in [-0.15, -0.1) is 0 Å². The van der Waals surface area contributed by atoms with E-state index in [9.17, 15) is 13.2 Å². The molecule has 7 nitrogen and oxygen atoms in total. The van der Waals surface area contributed by atoms with E-state index < -0.39 is 10.0 Å². The highest BCUT2D eigenvalue weighted by molar-refractivity contribution is 7.89. The molecule has 0 unspecified atom stereocenters. The highest BCUT2D eigenvalue weighted by Crippen LogP contribution is 2.38. The molecule has 2 aromatic carbocycles. The SMILES string of the molecule is O=C(c1ccc(S(=O)(=O)N2CCCCC2)cc1)N1CCC[C@H]1c1ccc2c(c1)OCCCO2. The van der Waals surface area contributed by atoms with E-state index in [1.807, 2.05) is 23.1 Å². The van der Waals surface area contributed by atoms with Crippen molar-refractivity contribution in [3.63, 3.8) is 0 Å². The molecule has 3 aliphatic rings. The average Bonchev–Trinajstić information content (AvgIpc) is 3.23. The van der Waals surface area contributed by atoms with Gasteiger partial charge in [-0.1, -0.05) is 12.5 Å². The maximum Gasteiger partial charge on any atom is 0.254 e. The molecule has 2 aromatic rings. The van der Waals surface area contributed by atoms with Crippen LogP contribution in [0.4, 0.5) is 0 Å². The maximum atomic E-state index is 13.3. The van der Waals surface area contributed by atoms with Gasteiger partial charge in [-0.2, -0.15) is 4.31 Å². The Morgan fingerprint density at radius 3 is 2.30 bits per heavy atom. The van der Waals surface area contributed by atoms with Crippen LogP contribution >= 0.6 is 0 Å². The second kappa shape index (κ2) is 9.35. The first-order valence-corrected chi connectivity index (χ1v) is 13.3. The van der Waals surface area contributed by atoms with Gasteiger partial charge >= 0.3 is 0 Å². The van der Waals surface area contributed by atoms with Crippen molar-refractivity contribution < 1.29 is 22.7 Å². The molecule has 2 saturated heterocycles. The van der Waals surface area contributed by atoms with Crippen molar-refractivity contribution in [1.29, 1.82) is 0 Å². The fourth-order valence-corrected chi connectivity index (χ4v) is 6.45. The number of amides is 1. The summed E-state index contributed by atoms with van der Waals surface area (Å²) in [5.74, 6) is 1.40. The van der Waals surface area contributed by atoms with Gasteiger partial charge in [0.15, 0.2) is 11.5 Å². The van der Waals surface area contributed by atoms with E-state index in [2.05, 4.69) is 0 Å². The molecule has 3 aliphatic heterocycles. The van der Waals surface area contributed by atoms with Crippen molar-refractivity contribution in [2.24, 2.45) is 0 Å². The molecular weight excluding hydrogens is 440 g/mol. The van der Waals surface area contributed by atoms with Crippen LogP contribution in [0.3, 0.4) is 0 Å². The number of carbonyl (C=O) groups excluding carboxylic acids is 1. The normalized spacial score (nSPS) is 21.6. The zero-order valence-corrected chi connectivity index (χ0v) is 19.6. The van der Waals surface area contributed by atoms with Gasteiger partial charge in [0.05, 0.1) is 24.2 Å². The van der Waals surface area contributed by atoms with Crippen LogP contribution in [-0.2, 0) is 10.0 Å². The minimum atomic E-state index is -3.51. The fourth-order valence-electron chi connectivity index (χ4n) is 4.93. The third kappa shape index (κ3) is 4.46. The Hall–Kier alpha value is -2.58. The number of carbonyl (C=O) groups is 1. The standard InChI is InChI=1S/C25H30N2O5S/c28-25(19-7-10-21(11-8-19)33(29,30)26-13-2-1-3-14-26)27-15-4-6-22(27)20-9-12-23-24(18-20)32-17-5-16-31-23/h7-12,18,22H,1-6,13-17H2/t22-/m0/s1. The van der Waals surface area contributed by atoms with Crippen molar-refractivity contribution in [2.75, 3.05) is 32.8 Å². The Morgan fingerprint density at radius 2 is 1.55 bits per heavy atom. The van der Waals surface area contributed by atoms with Crippen molar-refractivity contribution in [3.8, 4) is 11.5 Å². The van der Waals surface area contributed by atoms with Gasteiger partial charge in [-0.3, -0.25) is 4.79 Å². The summed E-state index contributed by atoms with van der Waals surface area (Å²) in [5, 5.41) is 0. The first-order chi connectivity index (χ1) is 16.0. The summed E-state index contributed by atoms with van der Waals surface area (Å²) in [4.78, 5) is 15.5. The molecule has 33 heavy (non-hydrogen) atoms. The highest BCUT2D eigenvalue weighted by Gasteiger charge is 2.32. The molecule has 3 heterocycles. The maximum absolute atomic E-state index is 13.3. The summed E-state index contributed by atoms with van der Waals surface area (Å²) >= 11 is 0. The minimum Gasteiger partial charge on any atom is -0.490 e. The van der Waals surface area contributed by atoms with E-state index in [0.29, 0.717) is 38.4 Å². The van der Waals surface area contributed by atoms with Crippen molar-refractivity contribution in [2.45, 2.75) is 49.5 Å². The second-order valence-electron chi connectivity index (χ2n) is 8.90. The van der Waals surface area contributed by atoms with Crippen molar-refractivity contribution >= 4 is 15.9 Å². The van der Waals surface area contributed by atoms with Crippen LogP contribution in [0.25, 0.3) is 0 Å². The zero-order chi connectivity index (χ0) is 22.8. The summed E-state index contributed by atoms with van der Waals surface area (Å²) in [6, 6.07) is 12.3. The van der Waals surface area contributed by atoms with E-state index in [-0.39, 0.29) is 16.8 Å². The molecule has 5 rings (SSSR count). The first-order valence-electron chi connectivity index (χ1n) is 11.8. The summed E-state index contributed by atoms with van der Waals surface area (Å²) < 4.78 is 38.9. The first kappa shape index (κ1) is 22.2. The molecule has 2 fully saturated rings. The Kier molecular flexibility index (Phi) is 6.29. The Bertz CT molecular complexity index is 1110. The number of hydrogen-bond donors (Lipinski definition) is 0. The van der Waals surface area contributed by atoms with Crippen LogP contribution in [0.15, 0.2) is 47.4 Å². The van der Waals surface area contributed by atoms with E-state index in [1.54, 1.807) is 28.6 Å². The quantitative estimate of drug-likeness (QED) is 0.675. The number of rotatable bonds is 4. The minimum absolute atomic E-state index is 0.0357. The predicted octanol–water partition coefficient (Wildman–Crippen LogP) is 4.00. The Balaban J connectivity index is 1.34. The molecule has 0 N–H and O–H groups in total. The number of fused-ring (bicyclic) bond motifs is 1. The van der Waals surface area contributed by atoms with Gasteiger partial charge in [0, 0.05) is 31.6 Å². The predicted molar refractivity (Wildman–Crippen MR) is 124 cm³/mol. The lowest BCUT2D eigenvalue weighted by atomic mass is 10.0. The van der Waals surface area contributed by atoms with Gasteiger partial charge in [0.2, 0.25) is 10.0 Å². The number of likely N-dealkylation sites (tertiary alicyclic amines) is 1. The number of sulfonamides is 1. The molecule has 8 heteroatoms. The molecule has 1 atom stereocenters. The van der Waals surface area contributed by atoms with Gasteiger partial charge in [-0.25, -0.2) is 8.42 Å². The largest absolute Gasteiger partial charge is 0.490 e. The molecule has 1 amide bonds. The van der Waals surface area contributed by atoms with Crippen LogP contribution in [0.5, 0.6) is 11.5 Å². The summed E-state index contributed by atoms with van der Waals surface area (Å²) in [6.45, 7) is 3.06. The van der Waals surface area contributed by atoms with Crippen LogP contribution in [0.2, 0.25) is 0 Å². The van der Waals surface area contributed by atoms with E-state index in [0.717, 1.165) is 55.6 Å². The molecule has 176 valence electrons. The molecule has 0 bridgehead atoms. The topological polar surface area (TPSA) is 76.2 Å². The van der Waals surface area contributed by atoms with Gasteiger partial charge < -0.3 is 14.4 Å². The number of piperidine rings is 1. The average molecular weight is 471 g/mol. The Labute approximate surface area is 195 Å². The monoisotopic (exact) mass is 470 g/mol. The molecule has 0 aliphatic carbocycles. The summed E-state index contributed by atoms with van der Waals surface area (Å²) in [7, 11) is -3.51. The van der Waals surface area contributed by atoms with Gasteiger partial charge in [0.1, 0.15) is 0 Å². The number of benzene rings is 2.